The van der Waals surface area contributed by atoms with E-state index in [1.807, 2.05) is 36.4 Å². The van der Waals surface area contributed by atoms with Gasteiger partial charge in [-0.05, 0) is 86.1 Å². The maximum absolute atomic E-state index is 13.7. The molecule has 2 aromatic heterocycles. The van der Waals surface area contributed by atoms with E-state index < -0.39 is 11.7 Å². The Kier molecular flexibility index (Phi) is 5.79. The Hall–Kier alpha value is -3.61. The van der Waals surface area contributed by atoms with Crippen LogP contribution in [0.3, 0.4) is 0 Å². The molecule has 0 atom stereocenters. The number of alkyl halides is 3. The molecule has 200 valence electrons. The molecule has 0 saturated heterocycles. The first-order valence-corrected chi connectivity index (χ1v) is 13.7. The summed E-state index contributed by atoms with van der Waals surface area (Å²) in [6.45, 7) is 0.724. The smallest absolute Gasteiger partial charge is 0.417 e. The Balaban J connectivity index is 0.987. The molecular formula is C32H29F3N2O2. The third kappa shape index (κ3) is 4.72. The molecule has 4 nitrogen and oxygen atoms in total. The van der Waals surface area contributed by atoms with Crippen molar-refractivity contribution in [2.24, 2.45) is 17.3 Å². The van der Waals surface area contributed by atoms with Crippen LogP contribution in [0.1, 0.15) is 61.3 Å². The van der Waals surface area contributed by atoms with E-state index in [1.165, 1.54) is 12.1 Å². The maximum atomic E-state index is 13.7. The fraction of sp³-hybridized carbons (Fsp3) is 0.375. The topological polar surface area (TPSA) is 48.2 Å². The lowest BCUT2D eigenvalue weighted by Gasteiger charge is -2.57. The number of nitrogens with zero attached hydrogens (tertiary/aromatic N) is 2. The molecule has 0 unspecified atom stereocenters. The minimum atomic E-state index is -4.45. The van der Waals surface area contributed by atoms with Gasteiger partial charge in [-0.25, -0.2) is 0 Å². The molecule has 3 aliphatic carbocycles. The van der Waals surface area contributed by atoms with Crippen LogP contribution in [0, 0.1) is 17.3 Å². The molecule has 0 N–H and O–H groups in total. The molecule has 3 fully saturated rings. The molecule has 4 aromatic rings. The Morgan fingerprint density at radius 2 is 1.82 bits per heavy atom. The summed E-state index contributed by atoms with van der Waals surface area (Å²) in [5, 5.41) is 5.21. The predicted octanol–water partition coefficient (Wildman–Crippen LogP) is 8.68. The van der Waals surface area contributed by atoms with Crippen LogP contribution >= 0.6 is 0 Å². The van der Waals surface area contributed by atoms with Crippen LogP contribution in [-0.2, 0) is 6.18 Å². The number of allylic oxidation sites excluding steroid dienone is 1. The molecule has 0 bridgehead atoms. The van der Waals surface area contributed by atoms with Gasteiger partial charge in [0.1, 0.15) is 17.2 Å². The van der Waals surface area contributed by atoms with Crippen molar-refractivity contribution in [2.75, 3.05) is 6.61 Å². The lowest BCUT2D eigenvalue weighted by atomic mass is 9.48. The molecule has 39 heavy (non-hydrogen) atoms. The Labute approximate surface area is 224 Å². The van der Waals surface area contributed by atoms with E-state index in [1.54, 1.807) is 12.3 Å². The zero-order chi connectivity index (χ0) is 26.6. The van der Waals surface area contributed by atoms with Crippen molar-refractivity contribution in [1.29, 1.82) is 0 Å². The minimum Gasteiger partial charge on any atom is -0.493 e. The highest BCUT2D eigenvalue weighted by Gasteiger charge is 2.52. The van der Waals surface area contributed by atoms with Crippen molar-refractivity contribution in [2.45, 2.75) is 50.6 Å². The van der Waals surface area contributed by atoms with Gasteiger partial charge in [-0.15, -0.1) is 0 Å². The summed E-state index contributed by atoms with van der Waals surface area (Å²) in [4.78, 5) is 4.36. The van der Waals surface area contributed by atoms with Gasteiger partial charge in [-0.3, -0.25) is 4.98 Å². The van der Waals surface area contributed by atoms with Crippen molar-refractivity contribution in [3.63, 3.8) is 0 Å². The Morgan fingerprint density at radius 1 is 1.00 bits per heavy atom. The molecule has 3 aliphatic rings. The van der Waals surface area contributed by atoms with E-state index in [2.05, 4.69) is 16.2 Å². The number of benzene rings is 2. The standard InChI is InChI=1S/C32H29F3N2O2/c33-32(34,35)27-6-2-1-5-25(27)29-26(30(39-37-29)22-8-9-22)11-7-20-15-31(16-20)17-21(18-31)19-38-24-10-12-28-23(14-24)4-3-13-36-28/h1-7,10-14,20-22H,8-9,15-19H2/b11-7+. The number of halogens is 3. The molecule has 0 radical (unpaired) electrons. The van der Waals surface area contributed by atoms with Crippen molar-refractivity contribution in [3.8, 4) is 17.0 Å². The molecule has 3 saturated carbocycles. The first-order chi connectivity index (χ1) is 18.9. The van der Waals surface area contributed by atoms with Crippen molar-refractivity contribution in [1.82, 2.24) is 10.1 Å². The second-order valence-corrected chi connectivity index (χ2v) is 11.6. The van der Waals surface area contributed by atoms with E-state index in [-0.39, 0.29) is 11.5 Å². The average molecular weight is 531 g/mol. The van der Waals surface area contributed by atoms with Crippen molar-refractivity contribution < 1.29 is 22.4 Å². The zero-order valence-electron chi connectivity index (χ0n) is 21.5. The first-order valence-electron chi connectivity index (χ1n) is 13.7. The SMILES string of the molecule is FC(F)(F)c1ccccc1-c1noc(C2CC2)c1/C=C/C1CC2(C1)CC(COc1ccc3ncccc3c1)C2. The molecule has 7 rings (SSSR count). The number of hydrogen-bond acceptors (Lipinski definition) is 4. The lowest BCUT2D eigenvalue weighted by Crippen LogP contribution is -2.48. The molecule has 2 aromatic carbocycles. The molecule has 2 heterocycles. The van der Waals surface area contributed by atoms with E-state index >= 15 is 0 Å². The Morgan fingerprint density at radius 3 is 2.62 bits per heavy atom. The summed E-state index contributed by atoms with van der Waals surface area (Å²) < 4.78 is 52.8. The molecule has 1 spiro atoms. The normalized spacial score (nSPS) is 24.7. The van der Waals surface area contributed by atoms with E-state index in [0.717, 1.165) is 73.6 Å². The zero-order valence-corrected chi connectivity index (χ0v) is 21.5. The van der Waals surface area contributed by atoms with Crippen LogP contribution < -0.4 is 4.74 Å². The van der Waals surface area contributed by atoms with Crippen molar-refractivity contribution in [3.05, 3.63) is 83.8 Å². The second kappa shape index (κ2) is 9.25. The first kappa shape index (κ1) is 24.4. The summed E-state index contributed by atoms with van der Waals surface area (Å²) in [5.41, 5.74) is 1.75. The number of fused-ring (bicyclic) bond motifs is 1. The molecular weight excluding hydrogens is 501 g/mol. The van der Waals surface area contributed by atoms with Gasteiger partial charge in [0.25, 0.3) is 0 Å². The predicted molar refractivity (Wildman–Crippen MR) is 143 cm³/mol. The highest BCUT2D eigenvalue weighted by atomic mass is 19.4. The summed E-state index contributed by atoms with van der Waals surface area (Å²) in [6, 6.07) is 15.6. The number of rotatable bonds is 7. The summed E-state index contributed by atoms with van der Waals surface area (Å²) in [5.74, 6) is 2.84. The van der Waals surface area contributed by atoms with Gasteiger partial charge in [0.05, 0.1) is 17.7 Å². The fourth-order valence-electron chi connectivity index (χ4n) is 6.64. The van der Waals surface area contributed by atoms with Crippen LogP contribution in [0.5, 0.6) is 5.75 Å². The molecule has 7 heteroatoms. The quantitative estimate of drug-likeness (QED) is 0.240. The maximum Gasteiger partial charge on any atom is 0.417 e. The summed E-state index contributed by atoms with van der Waals surface area (Å²) in [6.07, 6.45) is 8.00. The van der Waals surface area contributed by atoms with Gasteiger partial charge in [-0.1, -0.05) is 41.6 Å². The monoisotopic (exact) mass is 530 g/mol. The summed E-state index contributed by atoms with van der Waals surface area (Å²) >= 11 is 0. The molecule has 0 amide bonds. The van der Waals surface area contributed by atoms with Gasteiger partial charge in [0.15, 0.2) is 0 Å². The van der Waals surface area contributed by atoms with Crippen LogP contribution in [0.2, 0.25) is 0 Å². The third-order valence-electron chi connectivity index (χ3n) is 8.62. The average Bonchev–Trinajstić information content (AvgIpc) is 3.65. The lowest BCUT2D eigenvalue weighted by molar-refractivity contribution is -0.137. The number of pyridine rings is 1. The second-order valence-electron chi connectivity index (χ2n) is 11.6. The summed E-state index contributed by atoms with van der Waals surface area (Å²) in [7, 11) is 0. The van der Waals surface area contributed by atoms with Gasteiger partial charge >= 0.3 is 6.18 Å². The van der Waals surface area contributed by atoms with Gasteiger partial charge in [-0.2, -0.15) is 13.2 Å². The van der Waals surface area contributed by atoms with Gasteiger partial charge in [0.2, 0.25) is 0 Å². The number of hydrogen-bond donors (Lipinski definition) is 0. The van der Waals surface area contributed by atoms with Crippen LogP contribution in [0.15, 0.2) is 71.4 Å². The van der Waals surface area contributed by atoms with Crippen molar-refractivity contribution >= 4 is 17.0 Å². The number of aromatic nitrogens is 2. The van der Waals surface area contributed by atoms with Gasteiger partial charge in [0, 0.05) is 28.6 Å². The van der Waals surface area contributed by atoms with Gasteiger partial charge < -0.3 is 9.26 Å². The highest BCUT2D eigenvalue weighted by molar-refractivity contribution is 5.79. The highest BCUT2D eigenvalue weighted by Crippen LogP contribution is 2.61. The Bertz CT molecular complexity index is 1540. The number of ether oxygens (including phenoxy) is 1. The van der Waals surface area contributed by atoms with E-state index in [9.17, 15) is 13.2 Å². The third-order valence-corrected chi connectivity index (χ3v) is 8.62. The van der Waals surface area contributed by atoms with Crippen LogP contribution in [0.4, 0.5) is 13.2 Å². The minimum absolute atomic E-state index is 0.0786. The van der Waals surface area contributed by atoms with Crippen LogP contribution in [0.25, 0.3) is 28.2 Å². The van der Waals surface area contributed by atoms with E-state index in [0.29, 0.717) is 28.5 Å². The largest absolute Gasteiger partial charge is 0.493 e. The fourth-order valence-corrected chi connectivity index (χ4v) is 6.64. The van der Waals surface area contributed by atoms with Crippen LogP contribution in [-0.4, -0.2) is 16.7 Å². The van der Waals surface area contributed by atoms with E-state index in [4.69, 9.17) is 9.26 Å². The molecule has 0 aliphatic heterocycles.